The molecule has 0 fully saturated rings. The van der Waals surface area contributed by atoms with Crippen molar-refractivity contribution in [3.8, 4) is 11.1 Å². The summed E-state index contributed by atoms with van der Waals surface area (Å²) < 4.78 is 27.4. The van der Waals surface area contributed by atoms with Crippen molar-refractivity contribution in [1.82, 2.24) is 5.32 Å². The molecule has 0 unspecified atom stereocenters. The highest BCUT2D eigenvalue weighted by atomic mass is 19.1. The third kappa shape index (κ3) is 3.00. The number of rotatable bonds is 4. The molecule has 2 aromatic carbocycles. The van der Waals surface area contributed by atoms with Crippen molar-refractivity contribution in [3.05, 3.63) is 59.7 Å². The quantitative estimate of drug-likeness (QED) is 0.900. The zero-order chi connectivity index (χ0) is 14.5. The molecule has 0 saturated carbocycles. The Kier molecular flexibility index (Phi) is 4.42. The lowest BCUT2D eigenvalue weighted by Crippen LogP contribution is -2.29. The van der Waals surface area contributed by atoms with Gasteiger partial charge in [-0.05, 0) is 23.8 Å². The minimum atomic E-state index is -0.653. The van der Waals surface area contributed by atoms with Crippen molar-refractivity contribution in [2.45, 2.75) is 0 Å². The SMILES string of the molecule is NCCNC(=O)c1cc(-c2ccccc2F)ccc1F. The molecule has 0 aromatic heterocycles. The Bertz CT molecular complexity index is 629. The van der Waals surface area contributed by atoms with Crippen LogP contribution in [-0.2, 0) is 0 Å². The van der Waals surface area contributed by atoms with E-state index in [2.05, 4.69) is 5.32 Å². The van der Waals surface area contributed by atoms with Gasteiger partial charge < -0.3 is 11.1 Å². The van der Waals surface area contributed by atoms with E-state index in [0.29, 0.717) is 11.1 Å². The third-order valence-electron chi connectivity index (χ3n) is 2.83. The van der Waals surface area contributed by atoms with Crippen LogP contribution in [0.3, 0.4) is 0 Å². The number of hydrogen-bond donors (Lipinski definition) is 2. The van der Waals surface area contributed by atoms with Gasteiger partial charge in [-0.1, -0.05) is 24.3 Å². The lowest BCUT2D eigenvalue weighted by molar-refractivity contribution is 0.0951. The Morgan fingerprint density at radius 1 is 1.10 bits per heavy atom. The molecule has 104 valence electrons. The maximum Gasteiger partial charge on any atom is 0.254 e. The van der Waals surface area contributed by atoms with Crippen LogP contribution in [0.1, 0.15) is 10.4 Å². The second kappa shape index (κ2) is 6.25. The summed E-state index contributed by atoms with van der Waals surface area (Å²) in [5.41, 5.74) is 5.92. The number of amides is 1. The normalized spacial score (nSPS) is 10.3. The van der Waals surface area contributed by atoms with Gasteiger partial charge in [0.15, 0.2) is 0 Å². The first kappa shape index (κ1) is 14.1. The second-order valence-corrected chi connectivity index (χ2v) is 4.22. The van der Waals surface area contributed by atoms with Gasteiger partial charge in [0.2, 0.25) is 0 Å². The van der Waals surface area contributed by atoms with Crippen molar-refractivity contribution in [1.29, 1.82) is 0 Å². The fraction of sp³-hybridized carbons (Fsp3) is 0.133. The highest BCUT2D eigenvalue weighted by Crippen LogP contribution is 2.24. The molecule has 3 N–H and O–H groups in total. The number of nitrogens with two attached hydrogens (primary N) is 1. The van der Waals surface area contributed by atoms with Crippen LogP contribution < -0.4 is 11.1 Å². The highest BCUT2D eigenvalue weighted by molar-refractivity contribution is 5.95. The predicted octanol–water partition coefficient (Wildman–Crippen LogP) is 2.32. The van der Waals surface area contributed by atoms with Gasteiger partial charge in [-0.15, -0.1) is 0 Å². The maximum absolute atomic E-state index is 13.7. The molecule has 2 aromatic rings. The van der Waals surface area contributed by atoms with E-state index in [1.807, 2.05) is 0 Å². The maximum atomic E-state index is 13.7. The van der Waals surface area contributed by atoms with Gasteiger partial charge in [0.25, 0.3) is 5.91 Å². The van der Waals surface area contributed by atoms with E-state index in [4.69, 9.17) is 5.73 Å². The molecule has 20 heavy (non-hydrogen) atoms. The molecule has 3 nitrogen and oxygen atoms in total. The summed E-state index contributed by atoms with van der Waals surface area (Å²) in [6.45, 7) is 0.516. The van der Waals surface area contributed by atoms with E-state index in [1.54, 1.807) is 18.2 Å². The molecule has 1 amide bonds. The molecule has 2 rings (SSSR count). The predicted molar refractivity (Wildman–Crippen MR) is 73.2 cm³/mol. The fourth-order valence-electron chi connectivity index (χ4n) is 1.84. The molecular weight excluding hydrogens is 262 g/mol. The van der Waals surface area contributed by atoms with Crippen molar-refractivity contribution in [2.24, 2.45) is 5.73 Å². The number of hydrogen-bond acceptors (Lipinski definition) is 2. The molecule has 0 aliphatic rings. The van der Waals surface area contributed by atoms with E-state index in [-0.39, 0.29) is 18.7 Å². The lowest BCUT2D eigenvalue weighted by Gasteiger charge is -2.08. The molecule has 0 bridgehead atoms. The van der Waals surface area contributed by atoms with Gasteiger partial charge in [0.1, 0.15) is 11.6 Å². The molecule has 0 aliphatic heterocycles. The first-order valence-electron chi connectivity index (χ1n) is 6.16. The van der Waals surface area contributed by atoms with E-state index >= 15 is 0 Å². The van der Waals surface area contributed by atoms with Gasteiger partial charge >= 0.3 is 0 Å². The monoisotopic (exact) mass is 276 g/mol. The molecular formula is C15H14F2N2O. The first-order chi connectivity index (χ1) is 9.63. The Morgan fingerprint density at radius 2 is 1.85 bits per heavy atom. The van der Waals surface area contributed by atoms with Crippen LogP contribution in [0.5, 0.6) is 0 Å². The van der Waals surface area contributed by atoms with Crippen molar-refractivity contribution < 1.29 is 13.6 Å². The molecule has 0 heterocycles. The number of benzene rings is 2. The van der Waals surface area contributed by atoms with Crippen LogP contribution in [0.4, 0.5) is 8.78 Å². The molecule has 0 radical (unpaired) electrons. The Hall–Kier alpha value is -2.27. The minimum absolute atomic E-state index is 0.126. The Morgan fingerprint density at radius 3 is 2.55 bits per heavy atom. The average Bonchev–Trinajstić information content (AvgIpc) is 2.46. The number of carbonyl (C=O) groups excluding carboxylic acids is 1. The number of halogens is 2. The standard InChI is InChI=1S/C15H14F2N2O/c16-13-4-2-1-3-11(13)10-5-6-14(17)12(9-10)15(20)19-8-7-18/h1-6,9H,7-8,18H2,(H,19,20). The van der Waals surface area contributed by atoms with Crippen molar-refractivity contribution in [3.63, 3.8) is 0 Å². The lowest BCUT2D eigenvalue weighted by atomic mass is 10.0. The smallest absolute Gasteiger partial charge is 0.254 e. The molecule has 0 spiro atoms. The van der Waals surface area contributed by atoms with Crippen LogP contribution >= 0.6 is 0 Å². The zero-order valence-electron chi connectivity index (χ0n) is 10.7. The van der Waals surface area contributed by atoms with Gasteiger partial charge in [0.05, 0.1) is 5.56 Å². The number of nitrogens with one attached hydrogen (secondary N) is 1. The summed E-state index contributed by atoms with van der Waals surface area (Å²) in [5.74, 6) is -1.64. The first-order valence-corrected chi connectivity index (χ1v) is 6.16. The van der Waals surface area contributed by atoms with Crippen LogP contribution in [-0.4, -0.2) is 19.0 Å². The van der Waals surface area contributed by atoms with Gasteiger partial charge in [-0.3, -0.25) is 4.79 Å². The van der Waals surface area contributed by atoms with Gasteiger partial charge in [0, 0.05) is 18.7 Å². The topological polar surface area (TPSA) is 55.1 Å². The summed E-state index contributed by atoms with van der Waals surface area (Å²) in [6.07, 6.45) is 0. The Labute approximate surface area is 115 Å². The third-order valence-corrected chi connectivity index (χ3v) is 2.83. The summed E-state index contributed by atoms with van der Waals surface area (Å²) >= 11 is 0. The van der Waals surface area contributed by atoms with E-state index in [0.717, 1.165) is 6.07 Å². The molecule has 0 aliphatic carbocycles. The van der Waals surface area contributed by atoms with Crippen LogP contribution in [0.15, 0.2) is 42.5 Å². The average molecular weight is 276 g/mol. The number of carbonyl (C=O) groups is 1. The van der Waals surface area contributed by atoms with E-state index < -0.39 is 17.5 Å². The van der Waals surface area contributed by atoms with Gasteiger partial charge in [-0.2, -0.15) is 0 Å². The summed E-state index contributed by atoms with van der Waals surface area (Å²) in [7, 11) is 0. The zero-order valence-corrected chi connectivity index (χ0v) is 10.7. The second-order valence-electron chi connectivity index (χ2n) is 4.22. The van der Waals surface area contributed by atoms with Crippen molar-refractivity contribution >= 4 is 5.91 Å². The summed E-state index contributed by atoms with van der Waals surface area (Å²) in [6, 6.07) is 10.1. The molecule has 0 saturated heterocycles. The van der Waals surface area contributed by atoms with Gasteiger partial charge in [-0.25, -0.2) is 8.78 Å². The van der Waals surface area contributed by atoms with Crippen LogP contribution in [0, 0.1) is 11.6 Å². The van der Waals surface area contributed by atoms with Crippen molar-refractivity contribution in [2.75, 3.05) is 13.1 Å². The Balaban J connectivity index is 2.39. The van der Waals surface area contributed by atoms with Crippen LogP contribution in [0.25, 0.3) is 11.1 Å². The highest BCUT2D eigenvalue weighted by Gasteiger charge is 2.13. The minimum Gasteiger partial charge on any atom is -0.351 e. The molecule has 5 heteroatoms. The van der Waals surface area contributed by atoms with Crippen LogP contribution in [0.2, 0.25) is 0 Å². The fourth-order valence-corrected chi connectivity index (χ4v) is 1.84. The molecule has 0 atom stereocenters. The van der Waals surface area contributed by atoms with E-state index in [9.17, 15) is 13.6 Å². The summed E-state index contributed by atoms with van der Waals surface area (Å²) in [4.78, 5) is 11.8. The largest absolute Gasteiger partial charge is 0.351 e. The van der Waals surface area contributed by atoms with E-state index in [1.165, 1.54) is 18.2 Å². The summed E-state index contributed by atoms with van der Waals surface area (Å²) in [5, 5.41) is 2.49.